The van der Waals surface area contributed by atoms with Gasteiger partial charge in [0, 0.05) is 19.6 Å². The molecule has 1 atom stereocenters. The third-order valence-corrected chi connectivity index (χ3v) is 4.34. The summed E-state index contributed by atoms with van der Waals surface area (Å²) in [5.41, 5.74) is 2.06. The number of rotatable bonds is 3. The Balaban J connectivity index is 2.20. The Hall–Kier alpha value is -0.880. The van der Waals surface area contributed by atoms with Gasteiger partial charge in [0.2, 0.25) is 5.91 Å². The van der Waals surface area contributed by atoms with E-state index in [1.807, 2.05) is 23.4 Å². The van der Waals surface area contributed by atoms with E-state index in [1.165, 1.54) is 0 Å². The Bertz CT molecular complexity index is 457. The number of nitrogens with zero attached hydrogens (tertiary/aromatic N) is 3. The Kier molecular flexibility index (Phi) is 4.07. The Morgan fingerprint density at radius 3 is 2.94 bits per heavy atom. The fourth-order valence-electron chi connectivity index (χ4n) is 2.25. The van der Waals surface area contributed by atoms with Gasteiger partial charge in [0.1, 0.15) is 0 Å². The van der Waals surface area contributed by atoms with Gasteiger partial charge in [-0.1, -0.05) is 0 Å². The zero-order valence-electron chi connectivity index (χ0n) is 11.0. The largest absolute Gasteiger partial charge is 0.334 e. The number of piperazine rings is 1. The molecule has 0 aromatic carbocycles. The third-order valence-electron chi connectivity index (χ3n) is 3.31. The van der Waals surface area contributed by atoms with Crippen LogP contribution in [0, 0.1) is 6.92 Å². The van der Waals surface area contributed by atoms with Gasteiger partial charge in [0.25, 0.3) is 0 Å². The normalized spacial score (nSPS) is 20.6. The summed E-state index contributed by atoms with van der Waals surface area (Å²) < 4.78 is 2.97. The van der Waals surface area contributed by atoms with Crippen molar-refractivity contribution in [3.63, 3.8) is 0 Å². The second-order valence-corrected chi connectivity index (χ2v) is 5.39. The maximum Gasteiger partial charge on any atom is 0.239 e. The second-order valence-electron chi connectivity index (χ2n) is 4.60. The molecule has 1 amide bonds. The molecule has 1 fully saturated rings. The summed E-state index contributed by atoms with van der Waals surface area (Å²) in [6.45, 7) is 8.99. The molecule has 1 saturated heterocycles. The number of hydrogen-bond acceptors (Lipinski definition) is 3. The highest BCUT2D eigenvalue weighted by molar-refractivity contribution is 9.10. The number of amides is 1. The van der Waals surface area contributed by atoms with Crippen LogP contribution in [0.3, 0.4) is 0 Å². The molecule has 2 heterocycles. The topological polar surface area (TPSA) is 50.2 Å². The van der Waals surface area contributed by atoms with E-state index in [0.717, 1.165) is 35.5 Å². The van der Waals surface area contributed by atoms with Crippen molar-refractivity contribution in [1.29, 1.82) is 0 Å². The van der Waals surface area contributed by atoms with Gasteiger partial charge in [-0.05, 0) is 36.7 Å². The molecule has 1 aromatic rings. The zero-order chi connectivity index (χ0) is 13.3. The van der Waals surface area contributed by atoms with E-state index in [1.54, 1.807) is 0 Å². The predicted molar refractivity (Wildman–Crippen MR) is 73.2 cm³/mol. The first-order valence-electron chi connectivity index (χ1n) is 6.28. The first-order valence-corrected chi connectivity index (χ1v) is 7.07. The lowest BCUT2D eigenvalue weighted by Crippen LogP contribution is -2.53. The van der Waals surface area contributed by atoms with Crippen molar-refractivity contribution in [2.24, 2.45) is 0 Å². The smallest absolute Gasteiger partial charge is 0.239 e. The standard InChI is InChI=1S/C12H19BrN4O/c1-4-17-10(11(13)8(2)15-17)7-16-6-5-14-9(3)12(16)18/h9,14H,4-7H2,1-3H3. The highest BCUT2D eigenvalue weighted by atomic mass is 79.9. The van der Waals surface area contributed by atoms with E-state index in [0.29, 0.717) is 6.54 Å². The fraction of sp³-hybridized carbons (Fsp3) is 0.667. The molecule has 0 aliphatic carbocycles. The van der Waals surface area contributed by atoms with Gasteiger partial charge in [-0.15, -0.1) is 0 Å². The SMILES string of the molecule is CCn1nc(C)c(Br)c1CN1CCNC(C)C1=O. The number of halogens is 1. The molecular weight excluding hydrogens is 296 g/mol. The highest BCUT2D eigenvalue weighted by Crippen LogP contribution is 2.23. The molecule has 1 aromatic heterocycles. The first-order chi connectivity index (χ1) is 8.54. The molecule has 0 bridgehead atoms. The molecule has 0 spiro atoms. The average molecular weight is 315 g/mol. The van der Waals surface area contributed by atoms with Gasteiger partial charge in [-0.3, -0.25) is 9.48 Å². The van der Waals surface area contributed by atoms with E-state index in [2.05, 4.69) is 33.3 Å². The number of aryl methyl sites for hydroxylation is 2. The fourth-order valence-corrected chi connectivity index (χ4v) is 2.65. The van der Waals surface area contributed by atoms with Crippen molar-refractivity contribution in [3.8, 4) is 0 Å². The molecular formula is C12H19BrN4O. The molecule has 18 heavy (non-hydrogen) atoms. The van der Waals surface area contributed by atoms with E-state index in [4.69, 9.17) is 0 Å². The quantitative estimate of drug-likeness (QED) is 0.914. The number of carbonyl (C=O) groups is 1. The molecule has 0 radical (unpaired) electrons. The summed E-state index contributed by atoms with van der Waals surface area (Å²) in [7, 11) is 0. The van der Waals surface area contributed by atoms with E-state index >= 15 is 0 Å². The summed E-state index contributed by atoms with van der Waals surface area (Å²) in [4.78, 5) is 14.0. The maximum atomic E-state index is 12.1. The number of nitrogens with one attached hydrogen (secondary N) is 1. The maximum absolute atomic E-state index is 12.1. The molecule has 6 heteroatoms. The van der Waals surface area contributed by atoms with Crippen LogP contribution in [0.2, 0.25) is 0 Å². The number of carbonyl (C=O) groups excluding carboxylic acids is 1. The summed E-state index contributed by atoms with van der Waals surface area (Å²) in [5.74, 6) is 0.162. The minimum absolute atomic E-state index is 0.0865. The number of aromatic nitrogens is 2. The highest BCUT2D eigenvalue weighted by Gasteiger charge is 2.26. The summed E-state index contributed by atoms with van der Waals surface area (Å²) >= 11 is 3.57. The van der Waals surface area contributed by atoms with Gasteiger partial charge in [-0.2, -0.15) is 5.10 Å². The van der Waals surface area contributed by atoms with Crippen molar-refractivity contribution in [2.45, 2.75) is 39.9 Å². The molecule has 1 unspecified atom stereocenters. The van der Waals surface area contributed by atoms with Crippen molar-refractivity contribution < 1.29 is 4.79 Å². The van der Waals surface area contributed by atoms with Crippen LogP contribution in [-0.2, 0) is 17.9 Å². The molecule has 100 valence electrons. The monoisotopic (exact) mass is 314 g/mol. The summed E-state index contributed by atoms with van der Waals surface area (Å²) in [6, 6.07) is -0.0865. The van der Waals surface area contributed by atoms with Gasteiger partial charge in [-0.25, -0.2) is 0 Å². The molecule has 1 N–H and O–H groups in total. The van der Waals surface area contributed by atoms with Crippen LogP contribution in [-0.4, -0.2) is 39.7 Å². The third kappa shape index (κ3) is 2.44. The molecule has 0 saturated carbocycles. The molecule has 1 aliphatic rings. The summed E-state index contributed by atoms with van der Waals surface area (Å²) in [5, 5.41) is 7.62. The van der Waals surface area contributed by atoms with Crippen LogP contribution in [0.5, 0.6) is 0 Å². The van der Waals surface area contributed by atoms with Crippen LogP contribution in [0.1, 0.15) is 25.2 Å². The van der Waals surface area contributed by atoms with Crippen molar-refractivity contribution in [1.82, 2.24) is 20.0 Å². The van der Waals surface area contributed by atoms with Gasteiger partial charge >= 0.3 is 0 Å². The minimum atomic E-state index is -0.0865. The van der Waals surface area contributed by atoms with Crippen LogP contribution in [0.4, 0.5) is 0 Å². The van der Waals surface area contributed by atoms with Crippen LogP contribution < -0.4 is 5.32 Å². The van der Waals surface area contributed by atoms with Crippen molar-refractivity contribution in [3.05, 3.63) is 15.9 Å². The Labute approximate surface area is 116 Å². The van der Waals surface area contributed by atoms with Crippen molar-refractivity contribution in [2.75, 3.05) is 13.1 Å². The van der Waals surface area contributed by atoms with Crippen LogP contribution >= 0.6 is 15.9 Å². The predicted octanol–water partition coefficient (Wildman–Crippen LogP) is 1.29. The first kappa shape index (κ1) is 13.5. The zero-order valence-corrected chi connectivity index (χ0v) is 12.6. The lowest BCUT2D eigenvalue weighted by Gasteiger charge is -2.31. The van der Waals surface area contributed by atoms with Crippen LogP contribution in [0.25, 0.3) is 0 Å². The van der Waals surface area contributed by atoms with E-state index in [-0.39, 0.29) is 11.9 Å². The Morgan fingerprint density at radius 1 is 1.56 bits per heavy atom. The van der Waals surface area contributed by atoms with E-state index in [9.17, 15) is 4.79 Å². The molecule has 5 nitrogen and oxygen atoms in total. The minimum Gasteiger partial charge on any atom is -0.334 e. The van der Waals surface area contributed by atoms with Crippen LogP contribution in [0.15, 0.2) is 4.47 Å². The van der Waals surface area contributed by atoms with Gasteiger partial charge < -0.3 is 10.2 Å². The van der Waals surface area contributed by atoms with Gasteiger partial charge in [0.15, 0.2) is 0 Å². The second kappa shape index (κ2) is 5.40. The average Bonchev–Trinajstić information content (AvgIpc) is 2.62. The van der Waals surface area contributed by atoms with E-state index < -0.39 is 0 Å². The van der Waals surface area contributed by atoms with Gasteiger partial charge in [0.05, 0.1) is 28.4 Å². The Morgan fingerprint density at radius 2 is 2.28 bits per heavy atom. The lowest BCUT2D eigenvalue weighted by atomic mass is 10.2. The number of hydrogen-bond donors (Lipinski definition) is 1. The van der Waals surface area contributed by atoms with Crippen molar-refractivity contribution >= 4 is 21.8 Å². The molecule has 1 aliphatic heterocycles. The summed E-state index contributed by atoms with van der Waals surface area (Å²) in [6.07, 6.45) is 0. The molecule has 2 rings (SSSR count). The lowest BCUT2D eigenvalue weighted by molar-refractivity contribution is -0.135.